The molecule has 0 aliphatic heterocycles. The summed E-state index contributed by atoms with van der Waals surface area (Å²) in [4.78, 5) is 0. The topological polar surface area (TPSA) is 26.0 Å². The number of hydrogen-bond acceptors (Lipinski definition) is 2. The number of nitrogens with two attached hydrogens (primary N) is 1. The van der Waals surface area contributed by atoms with E-state index in [4.69, 9.17) is 5.73 Å². The van der Waals surface area contributed by atoms with Gasteiger partial charge in [0.05, 0.1) is 0 Å². The molecule has 0 amide bonds. The van der Waals surface area contributed by atoms with Gasteiger partial charge in [-0.2, -0.15) is 11.8 Å². The average molecular weight is 257 g/mol. The predicted octanol–water partition coefficient (Wildman–Crippen LogP) is 3.93. The van der Waals surface area contributed by atoms with Gasteiger partial charge in [-0.25, -0.2) is 0 Å². The summed E-state index contributed by atoms with van der Waals surface area (Å²) in [7, 11) is 0. The summed E-state index contributed by atoms with van der Waals surface area (Å²) in [5.41, 5.74) is 10.2. The lowest BCUT2D eigenvalue weighted by molar-refractivity contribution is 0.831. The van der Waals surface area contributed by atoms with Gasteiger partial charge in [0.15, 0.2) is 0 Å². The standard InChI is InChI=1S/C16H19NS/c1-13-7-5-6-10-15(13)11-18-12-16(17)14-8-3-2-4-9-14/h2-10,16H,11-12,17H2,1H3. The van der Waals surface area contributed by atoms with Crippen LogP contribution >= 0.6 is 11.8 Å². The van der Waals surface area contributed by atoms with E-state index in [-0.39, 0.29) is 6.04 Å². The zero-order valence-electron chi connectivity index (χ0n) is 10.7. The molecule has 0 saturated heterocycles. The molecule has 0 spiro atoms. The SMILES string of the molecule is Cc1ccccc1CSCC(N)c1ccccc1. The molecule has 0 aliphatic rings. The lowest BCUT2D eigenvalue weighted by Gasteiger charge is -2.12. The quantitative estimate of drug-likeness (QED) is 0.878. The summed E-state index contributed by atoms with van der Waals surface area (Å²) in [5.74, 6) is 1.99. The van der Waals surface area contributed by atoms with Gasteiger partial charge in [-0.3, -0.25) is 0 Å². The fraction of sp³-hybridized carbons (Fsp3) is 0.250. The van der Waals surface area contributed by atoms with Crippen LogP contribution in [0.5, 0.6) is 0 Å². The minimum absolute atomic E-state index is 0.125. The Kier molecular flexibility index (Phi) is 4.85. The second-order valence-electron chi connectivity index (χ2n) is 4.46. The van der Waals surface area contributed by atoms with Gasteiger partial charge < -0.3 is 5.73 Å². The summed E-state index contributed by atoms with van der Waals surface area (Å²) in [6, 6.07) is 19.0. The maximum atomic E-state index is 6.18. The van der Waals surface area contributed by atoms with Crippen LogP contribution in [-0.2, 0) is 5.75 Å². The molecule has 1 unspecified atom stereocenters. The predicted molar refractivity (Wildman–Crippen MR) is 80.7 cm³/mol. The third-order valence-corrected chi connectivity index (χ3v) is 4.15. The number of aryl methyl sites for hydroxylation is 1. The Morgan fingerprint density at radius 3 is 2.39 bits per heavy atom. The summed E-state index contributed by atoms with van der Waals surface area (Å²) >= 11 is 1.90. The molecule has 0 aliphatic carbocycles. The number of hydrogen-bond donors (Lipinski definition) is 1. The van der Waals surface area contributed by atoms with Crippen molar-refractivity contribution in [3.63, 3.8) is 0 Å². The van der Waals surface area contributed by atoms with Gasteiger partial charge in [0.25, 0.3) is 0 Å². The molecule has 18 heavy (non-hydrogen) atoms. The number of rotatable bonds is 5. The van der Waals surface area contributed by atoms with E-state index >= 15 is 0 Å². The highest BCUT2D eigenvalue weighted by Crippen LogP contribution is 2.20. The minimum atomic E-state index is 0.125. The van der Waals surface area contributed by atoms with Crippen molar-refractivity contribution in [2.24, 2.45) is 5.73 Å². The van der Waals surface area contributed by atoms with Crippen molar-refractivity contribution in [3.8, 4) is 0 Å². The first-order chi connectivity index (χ1) is 8.77. The van der Waals surface area contributed by atoms with Gasteiger partial charge in [0.2, 0.25) is 0 Å². The maximum absolute atomic E-state index is 6.18. The van der Waals surface area contributed by atoms with Gasteiger partial charge in [0, 0.05) is 17.5 Å². The van der Waals surface area contributed by atoms with Gasteiger partial charge in [-0.05, 0) is 23.6 Å². The minimum Gasteiger partial charge on any atom is -0.323 e. The van der Waals surface area contributed by atoms with Crippen LogP contribution in [0.15, 0.2) is 54.6 Å². The molecule has 2 aromatic carbocycles. The molecule has 0 bridgehead atoms. The van der Waals surface area contributed by atoms with Crippen LogP contribution in [-0.4, -0.2) is 5.75 Å². The van der Waals surface area contributed by atoms with E-state index in [1.807, 2.05) is 30.0 Å². The molecule has 2 N–H and O–H groups in total. The first-order valence-corrected chi connectivity index (χ1v) is 7.35. The highest BCUT2D eigenvalue weighted by atomic mass is 32.2. The van der Waals surface area contributed by atoms with Crippen molar-refractivity contribution in [1.82, 2.24) is 0 Å². The van der Waals surface area contributed by atoms with Gasteiger partial charge in [-0.1, -0.05) is 54.6 Å². The summed E-state index contributed by atoms with van der Waals surface area (Å²) < 4.78 is 0. The van der Waals surface area contributed by atoms with Gasteiger partial charge >= 0.3 is 0 Å². The molecular formula is C16H19NS. The Balaban J connectivity index is 1.84. The third-order valence-electron chi connectivity index (χ3n) is 3.04. The summed E-state index contributed by atoms with van der Waals surface area (Å²) in [6.45, 7) is 2.16. The van der Waals surface area contributed by atoms with Gasteiger partial charge in [0.1, 0.15) is 0 Å². The van der Waals surface area contributed by atoms with Crippen molar-refractivity contribution in [2.45, 2.75) is 18.7 Å². The maximum Gasteiger partial charge on any atom is 0.0386 e. The van der Waals surface area contributed by atoms with E-state index in [0.717, 1.165) is 11.5 Å². The molecule has 1 nitrogen and oxygen atoms in total. The Hall–Kier alpha value is -1.25. The molecule has 2 heteroatoms. The van der Waals surface area contributed by atoms with E-state index in [2.05, 4.69) is 43.3 Å². The first kappa shape index (κ1) is 13.2. The second-order valence-corrected chi connectivity index (χ2v) is 5.49. The first-order valence-electron chi connectivity index (χ1n) is 6.20. The Morgan fingerprint density at radius 2 is 1.67 bits per heavy atom. The van der Waals surface area contributed by atoms with Crippen molar-refractivity contribution < 1.29 is 0 Å². The van der Waals surface area contributed by atoms with Gasteiger partial charge in [-0.15, -0.1) is 0 Å². The molecule has 0 saturated carbocycles. The van der Waals surface area contributed by atoms with E-state index in [0.29, 0.717) is 0 Å². The highest BCUT2D eigenvalue weighted by Gasteiger charge is 2.05. The van der Waals surface area contributed by atoms with Crippen molar-refractivity contribution in [1.29, 1.82) is 0 Å². The van der Waals surface area contributed by atoms with Crippen molar-refractivity contribution >= 4 is 11.8 Å². The summed E-state index contributed by atoms with van der Waals surface area (Å²) in [6.07, 6.45) is 0. The number of thioether (sulfide) groups is 1. The van der Waals surface area contributed by atoms with Crippen LogP contribution in [0.4, 0.5) is 0 Å². The van der Waals surface area contributed by atoms with Crippen LogP contribution in [0.3, 0.4) is 0 Å². The van der Waals surface area contributed by atoms with Crippen LogP contribution < -0.4 is 5.73 Å². The van der Waals surface area contributed by atoms with Crippen LogP contribution in [0, 0.1) is 6.92 Å². The van der Waals surface area contributed by atoms with Crippen LogP contribution in [0.1, 0.15) is 22.7 Å². The zero-order chi connectivity index (χ0) is 12.8. The molecule has 0 radical (unpaired) electrons. The van der Waals surface area contributed by atoms with E-state index in [1.54, 1.807) is 0 Å². The monoisotopic (exact) mass is 257 g/mol. The molecule has 2 rings (SSSR count). The van der Waals surface area contributed by atoms with Crippen molar-refractivity contribution in [3.05, 3.63) is 71.3 Å². The number of benzene rings is 2. The zero-order valence-corrected chi connectivity index (χ0v) is 11.5. The largest absolute Gasteiger partial charge is 0.323 e. The second kappa shape index (κ2) is 6.62. The molecule has 1 atom stereocenters. The highest BCUT2D eigenvalue weighted by molar-refractivity contribution is 7.98. The van der Waals surface area contributed by atoms with E-state index < -0.39 is 0 Å². The Bertz CT molecular complexity index is 481. The lowest BCUT2D eigenvalue weighted by Crippen LogP contribution is -2.12. The van der Waals surface area contributed by atoms with Crippen LogP contribution in [0.25, 0.3) is 0 Å². The third kappa shape index (κ3) is 3.62. The molecule has 0 heterocycles. The molecule has 94 valence electrons. The van der Waals surface area contributed by atoms with Crippen LogP contribution in [0.2, 0.25) is 0 Å². The lowest BCUT2D eigenvalue weighted by atomic mass is 10.1. The van der Waals surface area contributed by atoms with E-state index in [1.165, 1.54) is 16.7 Å². The Labute approximate surface area is 113 Å². The van der Waals surface area contributed by atoms with Crippen molar-refractivity contribution in [2.75, 3.05) is 5.75 Å². The van der Waals surface area contributed by atoms with E-state index in [9.17, 15) is 0 Å². The fourth-order valence-electron chi connectivity index (χ4n) is 1.86. The fourth-order valence-corrected chi connectivity index (χ4v) is 2.97. The molecular weight excluding hydrogens is 238 g/mol. The average Bonchev–Trinajstić information content (AvgIpc) is 2.42. The summed E-state index contributed by atoms with van der Waals surface area (Å²) in [5, 5.41) is 0. The molecule has 2 aromatic rings. The smallest absolute Gasteiger partial charge is 0.0386 e. The Morgan fingerprint density at radius 1 is 1.00 bits per heavy atom. The molecule has 0 aromatic heterocycles. The molecule has 0 fully saturated rings. The normalized spacial score (nSPS) is 12.3.